The van der Waals surface area contributed by atoms with Crippen LogP contribution in [-0.4, -0.2) is 8.90 Å². The molecular formula is C8H5Cl5O. The Bertz CT molecular complexity index is 344. The van der Waals surface area contributed by atoms with Crippen molar-refractivity contribution in [1.29, 1.82) is 0 Å². The zero-order valence-corrected chi connectivity index (χ0v) is 10.5. The second-order valence-electron chi connectivity index (χ2n) is 2.69. The summed E-state index contributed by atoms with van der Waals surface area (Å²) in [5.74, 6) is -0.109. The highest BCUT2D eigenvalue weighted by molar-refractivity contribution is 6.67. The Morgan fingerprint density at radius 3 is 2.21 bits per heavy atom. The van der Waals surface area contributed by atoms with E-state index in [1.165, 1.54) is 12.1 Å². The molecule has 0 aliphatic carbocycles. The van der Waals surface area contributed by atoms with Crippen molar-refractivity contribution in [3.05, 3.63) is 27.7 Å². The Morgan fingerprint density at radius 2 is 1.71 bits per heavy atom. The summed E-state index contributed by atoms with van der Waals surface area (Å²) in [5, 5.41) is 10.0. The van der Waals surface area contributed by atoms with Crippen LogP contribution in [-0.2, 0) is 6.42 Å². The van der Waals surface area contributed by atoms with E-state index >= 15 is 0 Å². The molecule has 0 aliphatic heterocycles. The zero-order valence-electron chi connectivity index (χ0n) is 6.70. The maximum absolute atomic E-state index is 9.52. The van der Waals surface area contributed by atoms with E-state index in [0.29, 0.717) is 10.6 Å². The molecule has 1 aromatic carbocycles. The van der Waals surface area contributed by atoms with Crippen molar-refractivity contribution >= 4 is 58.0 Å². The highest BCUT2D eigenvalue weighted by atomic mass is 35.6. The van der Waals surface area contributed by atoms with Crippen molar-refractivity contribution in [2.24, 2.45) is 0 Å². The summed E-state index contributed by atoms with van der Waals surface area (Å²) < 4.78 is -1.48. The Labute approximate surface area is 106 Å². The Hall–Kier alpha value is 0.470. The van der Waals surface area contributed by atoms with E-state index in [-0.39, 0.29) is 17.2 Å². The minimum atomic E-state index is -1.48. The maximum Gasteiger partial charge on any atom is 0.194 e. The van der Waals surface area contributed by atoms with Crippen LogP contribution in [0.3, 0.4) is 0 Å². The number of phenols is 1. The number of halogens is 5. The van der Waals surface area contributed by atoms with E-state index in [1.54, 1.807) is 0 Å². The first kappa shape index (κ1) is 12.5. The van der Waals surface area contributed by atoms with Gasteiger partial charge in [-0.25, -0.2) is 0 Å². The van der Waals surface area contributed by atoms with E-state index in [4.69, 9.17) is 58.0 Å². The average molecular weight is 294 g/mol. The second kappa shape index (κ2) is 4.54. The maximum atomic E-state index is 9.52. The molecular weight excluding hydrogens is 289 g/mol. The van der Waals surface area contributed by atoms with E-state index in [0.717, 1.165) is 0 Å². The van der Waals surface area contributed by atoms with Crippen molar-refractivity contribution in [3.63, 3.8) is 0 Å². The Morgan fingerprint density at radius 1 is 1.14 bits per heavy atom. The number of hydrogen-bond acceptors (Lipinski definition) is 1. The van der Waals surface area contributed by atoms with Gasteiger partial charge in [0.1, 0.15) is 5.75 Å². The van der Waals surface area contributed by atoms with Crippen LogP contribution in [0.15, 0.2) is 12.1 Å². The van der Waals surface area contributed by atoms with Gasteiger partial charge in [-0.15, -0.1) is 0 Å². The van der Waals surface area contributed by atoms with Crippen molar-refractivity contribution < 1.29 is 5.11 Å². The molecule has 0 radical (unpaired) electrons. The number of aromatic hydroxyl groups is 1. The molecule has 0 unspecified atom stereocenters. The number of alkyl halides is 3. The lowest BCUT2D eigenvalue weighted by atomic mass is 10.1. The summed E-state index contributed by atoms with van der Waals surface area (Å²) in [7, 11) is 0. The smallest absolute Gasteiger partial charge is 0.194 e. The highest BCUT2D eigenvalue weighted by Gasteiger charge is 2.23. The van der Waals surface area contributed by atoms with Crippen LogP contribution in [0.2, 0.25) is 10.0 Å². The van der Waals surface area contributed by atoms with Crippen LogP contribution in [0.4, 0.5) is 0 Å². The highest BCUT2D eigenvalue weighted by Crippen LogP contribution is 2.37. The molecule has 78 valence electrons. The molecule has 0 atom stereocenters. The summed E-state index contributed by atoms with van der Waals surface area (Å²) in [6.45, 7) is 0. The molecule has 1 nitrogen and oxygen atoms in total. The lowest BCUT2D eigenvalue weighted by Gasteiger charge is -2.12. The second-order valence-corrected chi connectivity index (χ2v) is 6.05. The van der Waals surface area contributed by atoms with Gasteiger partial charge >= 0.3 is 0 Å². The van der Waals surface area contributed by atoms with Crippen molar-refractivity contribution in [1.82, 2.24) is 0 Å². The molecule has 0 heterocycles. The molecule has 1 rings (SSSR count). The fraction of sp³-hybridized carbons (Fsp3) is 0.250. The van der Waals surface area contributed by atoms with Gasteiger partial charge in [-0.05, 0) is 12.1 Å². The normalized spacial score (nSPS) is 11.8. The number of benzene rings is 1. The molecule has 14 heavy (non-hydrogen) atoms. The lowest BCUT2D eigenvalue weighted by molar-refractivity contribution is 0.468. The molecule has 0 saturated heterocycles. The monoisotopic (exact) mass is 292 g/mol. The lowest BCUT2D eigenvalue weighted by Crippen LogP contribution is -2.07. The van der Waals surface area contributed by atoms with Gasteiger partial charge in [0.2, 0.25) is 0 Å². The SMILES string of the molecule is Oc1c(Cl)cc(Cl)cc1CC(Cl)(Cl)Cl. The number of rotatable bonds is 1. The fourth-order valence-electron chi connectivity index (χ4n) is 0.970. The third kappa shape index (κ3) is 3.56. The molecule has 6 heteroatoms. The topological polar surface area (TPSA) is 20.2 Å². The van der Waals surface area contributed by atoms with Crippen molar-refractivity contribution in [2.45, 2.75) is 10.2 Å². The van der Waals surface area contributed by atoms with E-state index in [9.17, 15) is 5.11 Å². The minimum absolute atomic E-state index is 0.0454. The molecule has 0 aromatic heterocycles. The number of hydrogen-bond donors (Lipinski definition) is 1. The molecule has 0 saturated carbocycles. The summed E-state index contributed by atoms with van der Waals surface area (Å²) >= 11 is 28.1. The number of phenolic OH excluding ortho intramolecular Hbond substituents is 1. The molecule has 1 N–H and O–H groups in total. The Balaban J connectivity index is 3.09. The van der Waals surface area contributed by atoms with Gasteiger partial charge in [0.05, 0.1) is 5.02 Å². The van der Waals surface area contributed by atoms with Crippen LogP contribution in [0.1, 0.15) is 5.56 Å². The van der Waals surface area contributed by atoms with E-state index < -0.39 is 3.79 Å². The van der Waals surface area contributed by atoms with Crippen LogP contribution in [0.5, 0.6) is 5.75 Å². The third-order valence-electron chi connectivity index (χ3n) is 1.50. The zero-order chi connectivity index (χ0) is 10.9. The molecule has 0 amide bonds. The summed E-state index contributed by atoms with van der Waals surface area (Å²) in [4.78, 5) is 0. The quantitative estimate of drug-likeness (QED) is 0.750. The van der Waals surface area contributed by atoms with Crippen molar-refractivity contribution in [2.75, 3.05) is 0 Å². The largest absolute Gasteiger partial charge is 0.506 e. The molecule has 0 bridgehead atoms. The third-order valence-corrected chi connectivity index (χ3v) is 2.41. The minimum Gasteiger partial charge on any atom is -0.506 e. The van der Waals surface area contributed by atoms with Crippen LogP contribution in [0, 0.1) is 0 Å². The molecule has 1 aromatic rings. The van der Waals surface area contributed by atoms with Crippen LogP contribution >= 0.6 is 58.0 Å². The first-order valence-corrected chi connectivity index (χ1v) is 5.42. The molecule has 0 aliphatic rings. The van der Waals surface area contributed by atoms with Gasteiger partial charge < -0.3 is 5.11 Å². The first-order valence-electron chi connectivity index (χ1n) is 3.53. The van der Waals surface area contributed by atoms with Gasteiger partial charge in [0.25, 0.3) is 0 Å². The fourth-order valence-corrected chi connectivity index (χ4v) is 1.94. The predicted molar refractivity (Wildman–Crippen MR) is 62.1 cm³/mol. The Kier molecular flexibility index (Phi) is 4.07. The van der Waals surface area contributed by atoms with Crippen LogP contribution < -0.4 is 0 Å². The van der Waals surface area contributed by atoms with Crippen LogP contribution in [0.25, 0.3) is 0 Å². The average Bonchev–Trinajstić information content (AvgIpc) is 1.96. The standard InChI is InChI=1S/C8H5Cl5O/c9-5-1-4(3-8(11,12)13)7(14)6(10)2-5/h1-2,14H,3H2. The summed E-state index contributed by atoms with van der Waals surface area (Å²) in [5.41, 5.74) is 0.405. The van der Waals surface area contributed by atoms with Gasteiger partial charge in [0, 0.05) is 17.0 Å². The van der Waals surface area contributed by atoms with E-state index in [2.05, 4.69) is 0 Å². The van der Waals surface area contributed by atoms with Gasteiger partial charge in [0.15, 0.2) is 3.79 Å². The predicted octanol–water partition coefficient (Wildman–Crippen LogP) is 4.61. The molecule has 0 fully saturated rings. The first-order chi connectivity index (χ1) is 6.29. The van der Waals surface area contributed by atoms with Gasteiger partial charge in [-0.3, -0.25) is 0 Å². The van der Waals surface area contributed by atoms with Gasteiger partial charge in [-0.2, -0.15) is 0 Å². The van der Waals surface area contributed by atoms with Crippen molar-refractivity contribution in [3.8, 4) is 5.75 Å². The summed E-state index contributed by atoms with van der Waals surface area (Å²) in [6, 6.07) is 2.92. The van der Waals surface area contributed by atoms with Gasteiger partial charge in [-0.1, -0.05) is 58.0 Å². The van der Waals surface area contributed by atoms with E-state index in [1.807, 2.05) is 0 Å². The molecule has 0 spiro atoms. The summed E-state index contributed by atoms with van der Waals surface area (Å²) in [6.07, 6.45) is 0.0454.